The zero-order chi connectivity index (χ0) is 24.5. The highest BCUT2D eigenvalue weighted by Crippen LogP contribution is 2.35. The van der Waals surface area contributed by atoms with E-state index < -0.39 is 23.1 Å². The summed E-state index contributed by atoms with van der Waals surface area (Å²) in [7, 11) is 0. The maximum atomic E-state index is 13.8. The zero-order valence-electron chi connectivity index (χ0n) is 18.4. The predicted octanol–water partition coefficient (Wildman–Crippen LogP) is 4.57. The van der Waals surface area contributed by atoms with E-state index in [0.717, 1.165) is 36.2 Å². The quantitative estimate of drug-likeness (QED) is 0.364. The maximum absolute atomic E-state index is 13.8. The Morgan fingerprint density at radius 1 is 1.18 bits per heavy atom. The van der Waals surface area contributed by atoms with Crippen LogP contribution in [0.5, 0.6) is 0 Å². The molecule has 0 aliphatic carbocycles. The van der Waals surface area contributed by atoms with Gasteiger partial charge in [0.1, 0.15) is 23.5 Å². The Kier molecular flexibility index (Phi) is 6.82. The Labute approximate surface area is 198 Å². The van der Waals surface area contributed by atoms with Gasteiger partial charge in [0.25, 0.3) is 5.91 Å². The molecule has 2 aromatic rings. The van der Waals surface area contributed by atoms with Gasteiger partial charge in [0.15, 0.2) is 0 Å². The van der Waals surface area contributed by atoms with Crippen LogP contribution in [-0.2, 0) is 17.4 Å². The average molecular weight is 494 g/mol. The van der Waals surface area contributed by atoms with Crippen molar-refractivity contribution >= 4 is 30.0 Å². The van der Waals surface area contributed by atoms with E-state index in [2.05, 4.69) is 14.6 Å². The van der Waals surface area contributed by atoms with Crippen LogP contribution in [0.15, 0.2) is 41.4 Å². The van der Waals surface area contributed by atoms with Crippen molar-refractivity contribution in [2.75, 3.05) is 18.8 Å². The molecule has 180 valence electrons. The Balaban J connectivity index is 1.38. The number of halogens is 4. The third-order valence-corrected chi connectivity index (χ3v) is 7.29. The number of rotatable bonds is 6. The summed E-state index contributed by atoms with van der Waals surface area (Å²) in [5.74, 6) is -0.593. The molecule has 0 aromatic heterocycles. The van der Waals surface area contributed by atoms with Gasteiger partial charge in [-0.05, 0) is 61.6 Å². The number of carbonyl (C=O) groups is 2. The molecule has 4 rings (SSSR count). The van der Waals surface area contributed by atoms with Crippen LogP contribution in [0.4, 0.5) is 17.6 Å². The van der Waals surface area contributed by atoms with Crippen LogP contribution in [0.1, 0.15) is 45.5 Å². The molecule has 0 saturated carbocycles. The smallest absolute Gasteiger partial charge is 0.308 e. The Bertz CT molecular complexity index is 1140. The van der Waals surface area contributed by atoms with Crippen molar-refractivity contribution in [2.45, 2.75) is 37.9 Å². The summed E-state index contributed by atoms with van der Waals surface area (Å²) in [6.45, 7) is 3.16. The molecule has 34 heavy (non-hydrogen) atoms. The lowest BCUT2D eigenvalue weighted by Gasteiger charge is -2.34. The number of nitrogens with zero attached hydrogens (tertiary/aromatic N) is 2. The fraction of sp³-hybridized carbons (Fsp3) is 0.375. The van der Waals surface area contributed by atoms with E-state index in [1.54, 1.807) is 18.0 Å². The highest BCUT2D eigenvalue weighted by Gasteiger charge is 2.46. The molecule has 0 unspecified atom stereocenters. The number of carbonyl (C=O) groups excluding carboxylic acids is 2. The molecule has 1 saturated heterocycles. The molecular weight excluding hydrogens is 470 g/mol. The fourth-order valence-electron chi connectivity index (χ4n) is 4.23. The van der Waals surface area contributed by atoms with Gasteiger partial charge in [0.2, 0.25) is 0 Å². The van der Waals surface area contributed by atoms with Gasteiger partial charge in [-0.15, -0.1) is 0 Å². The minimum Gasteiger partial charge on any atom is -0.308 e. The molecule has 1 amide bonds. The first-order valence-corrected chi connectivity index (χ1v) is 11.8. The molecule has 2 aliphatic heterocycles. The van der Waals surface area contributed by atoms with E-state index in [0.29, 0.717) is 37.6 Å². The molecule has 0 radical (unpaired) electrons. The summed E-state index contributed by atoms with van der Waals surface area (Å²) in [6.07, 6.45) is -2.20. The standard InChI is InChI=1S/C24H23F4N3O2S/c1-15-10-16(14-32)2-3-17(15)4-9-34-31-7-5-23(6-8-31)22(33)29-21(30-23)18-11-19(24(26,27)28)13-20(25)12-18/h2-3,10-14H,4-9H2,1H3,(H,29,30,33). The van der Waals surface area contributed by atoms with Crippen molar-refractivity contribution in [1.29, 1.82) is 0 Å². The first kappa shape index (κ1) is 24.4. The lowest BCUT2D eigenvalue weighted by molar-refractivity contribution is -0.137. The van der Waals surface area contributed by atoms with Crippen molar-refractivity contribution < 1.29 is 27.2 Å². The van der Waals surface area contributed by atoms with E-state index >= 15 is 0 Å². The number of amidine groups is 1. The van der Waals surface area contributed by atoms with Crippen LogP contribution in [0.25, 0.3) is 0 Å². The van der Waals surface area contributed by atoms with Crippen molar-refractivity contribution in [2.24, 2.45) is 4.99 Å². The van der Waals surface area contributed by atoms with Gasteiger partial charge in [-0.1, -0.05) is 24.1 Å². The second kappa shape index (κ2) is 9.50. The first-order chi connectivity index (χ1) is 16.1. The molecule has 1 spiro atoms. The third kappa shape index (κ3) is 5.17. The van der Waals surface area contributed by atoms with E-state index in [9.17, 15) is 27.2 Å². The molecule has 10 heteroatoms. The number of aliphatic imine (C=N–C) groups is 1. The van der Waals surface area contributed by atoms with Gasteiger partial charge < -0.3 is 5.32 Å². The van der Waals surface area contributed by atoms with Crippen LogP contribution in [0.3, 0.4) is 0 Å². The number of nitrogens with one attached hydrogen (secondary N) is 1. The third-order valence-electron chi connectivity index (χ3n) is 6.18. The van der Waals surface area contributed by atoms with Gasteiger partial charge in [0.05, 0.1) is 5.56 Å². The molecule has 5 nitrogen and oxygen atoms in total. The highest BCUT2D eigenvalue weighted by atomic mass is 32.2. The average Bonchev–Trinajstić information content (AvgIpc) is 3.11. The molecule has 2 heterocycles. The highest BCUT2D eigenvalue weighted by molar-refractivity contribution is 7.97. The first-order valence-electron chi connectivity index (χ1n) is 10.8. The van der Waals surface area contributed by atoms with Crippen LogP contribution in [0, 0.1) is 12.7 Å². The molecule has 1 fully saturated rings. The van der Waals surface area contributed by atoms with E-state index in [-0.39, 0.29) is 17.3 Å². The van der Waals surface area contributed by atoms with Gasteiger partial charge in [0, 0.05) is 30.0 Å². The zero-order valence-corrected chi connectivity index (χ0v) is 19.2. The van der Waals surface area contributed by atoms with Crippen LogP contribution in [0.2, 0.25) is 0 Å². The van der Waals surface area contributed by atoms with Crippen LogP contribution >= 0.6 is 11.9 Å². The molecule has 2 aliphatic rings. The Hall–Kier alpha value is -2.72. The number of alkyl halides is 3. The molecule has 1 N–H and O–H groups in total. The SMILES string of the molecule is Cc1cc(C=O)ccc1CCSN1CCC2(CC1)N=C(c1cc(F)cc(C(F)(F)F)c1)NC2=O. The summed E-state index contributed by atoms with van der Waals surface area (Å²) in [4.78, 5) is 28.0. The van der Waals surface area contributed by atoms with E-state index in [1.807, 2.05) is 19.1 Å². The van der Waals surface area contributed by atoms with Gasteiger partial charge in [-0.2, -0.15) is 13.2 Å². The van der Waals surface area contributed by atoms with E-state index in [1.165, 1.54) is 5.56 Å². The van der Waals surface area contributed by atoms with Gasteiger partial charge in [-0.25, -0.2) is 4.39 Å². The van der Waals surface area contributed by atoms with Crippen molar-refractivity contribution in [3.05, 3.63) is 70.0 Å². The molecule has 0 atom stereocenters. The minimum atomic E-state index is -4.70. The number of piperidine rings is 1. The molecular formula is C24H23F4N3O2S. The number of benzene rings is 2. The number of aryl methyl sites for hydroxylation is 2. The van der Waals surface area contributed by atoms with Crippen LogP contribution < -0.4 is 5.32 Å². The number of amides is 1. The Morgan fingerprint density at radius 3 is 2.56 bits per heavy atom. The lowest BCUT2D eigenvalue weighted by Crippen LogP contribution is -2.47. The van der Waals surface area contributed by atoms with Crippen molar-refractivity contribution in [3.8, 4) is 0 Å². The summed E-state index contributed by atoms with van der Waals surface area (Å²) >= 11 is 1.67. The topological polar surface area (TPSA) is 61.8 Å². The largest absolute Gasteiger partial charge is 0.416 e. The summed E-state index contributed by atoms with van der Waals surface area (Å²) in [6, 6.07) is 7.79. The lowest BCUT2D eigenvalue weighted by atomic mass is 9.89. The normalized spacial score (nSPS) is 18.1. The minimum absolute atomic E-state index is 0.0228. The fourth-order valence-corrected chi connectivity index (χ4v) is 5.24. The monoisotopic (exact) mass is 493 g/mol. The second-order valence-corrected chi connectivity index (χ2v) is 9.67. The van der Waals surface area contributed by atoms with Crippen molar-refractivity contribution in [1.82, 2.24) is 9.62 Å². The predicted molar refractivity (Wildman–Crippen MR) is 122 cm³/mol. The van der Waals surface area contributed by atoms with Crippen molar-refractivity contribution in [3.63, 3.8) is 0 Å². The molecule has 0 bridgehead atoms. The van der Waals surface area contributed by atoms with E-state index in [4.69, 9.17) is 0 Å². The second-order valence-electron chi connectivity index (χ2n) is 8.49. The molecule has 2 aromatic carbocycles. The van der Waals surface area contributed by atoms with Gasteiger partial charge >= 0.3 is 6.18 Å². The summed E-state index contributed by atoms with van der Waals surface area (Å²) in [5, 5.41) is 2.56. The maximum Gasteiger partial charge on any atom is 0.416 e. The van der Waals surface area contributed by atoms with Gasteiger partial charge in [-0.3, -0.25) is 18.9 Å². The summed E-state index contributed by atoms with van der Waals surface area (Å²) in [5.41, 5.74) is 0.631. The van der Waals surface area contributed by atoms with Crippen LogP contribution in [-0.4, -0.2) is 46.7 Å². The summed E-state index contributed by atoms with van der Waals surface area (Å²) < 4.78 is 55.1. The number of hydrogen-bond donors (Lipinski definition) is 1. The number of aldehydes is 1. The Morgan fingerprint density at radius 2 is 1.91 bits per heavy atom. The number of hydrogen-bond acceptors (Lipinski definition) is 5.